The van der Waals surface area contributed by atoms with Crippen molar-refractivity contribution in [2.24, 2.45) is 11.3 Å². The Bertz CT molecular complexity index is 198. The minimum absolute atomic E-state index is 0.577. The average Bonchev–Trinajstić information content (AvgIpc) is 2.22. The Balaban J connectivity index is 2.89. The first-order valence-corrected chi connectivity index (χ1v) is 7.77. The fraction of sp³-hybridized carbons (Fsp3) is 1.00. The van der Waals surface area contributed by atoms with Gasteiger partial charge in [-0.1, -0.05) is 76.0 Å². The smallest absolute Gasteiger partial charge is 0.0278 e. The molecule has 3 unspecified atom stereocenters. The van der Waals surface area contributed by atoms with E-state index in [1.54, 1.807) is 0 Å². The number of alkyl halides is 1. The van der Waals surface area contributed by atoms with E-state index in [4.69, 9.17) is 0 Å². The van der Waals surface area contributed by atoms with Crippen LogP contribution in [0.15, 0.2) is 0 Å². The maximum atomic E-state index is 2.81. The first-order valence-electron chi connectivity index (χ1n) is 6.69. The molecule has 0 bridgehead atoms. The maximum Gasteiger partial charge on any atom is 0.0278 e. The lowest BCUT2D eigenvalue weighted by Crippen LogP contribution is -2.47. The lowest BCUT2D eigenvalue weighted by molar-refractivity contribution is 0.0800. The molecule has 0 amide bonds. The molecule has 1 rings (SSSR count). The highest BCUT2D eigenvalue weighted by atomic mass is 127. The van der Waals surface area contributed by atoms with Crippen LogP contribution in [0.4, 0.5) is 0 Å². The summed E-state index contributed by atoms with van der Waals surface area (Å²) in [6.07, 6.45) is 9.89. The molecule has 0 aromatic rings. The van der Waals surface area contributed by atoms with Crippen molar-refractivity contribution in [3.05, 3.63) is 0 Å². The number of halogens is 1. The summed E-state index contributed by atoms with van der Waals surface area (Å²) >= 11 is 2.81. The molecule has 0 nitrogen and oxygen atoms in total. The van der Waals surface area contributed by atoms with Crippen molar-refractivity contribution in [2.75, 3.05) is 0 Å². The van der Waals surface area contributed by atoms with Gasteiger partial charge in [0.1, 0.15) is 0 Å². The summed E-state index contributed by atoms with van der Waals surface area (Å²) in [5, 5.41) is 0. The molecule has 0 aromatic carbocycles. The lowest BCUT2D eigenvalue weighted by atomic mass is 9.59. The maximum absolute atomic E-state index is 2.81. The zero-order chi connectivity index (χ0) is 11.5. The number of rotatable bonds is 4. The number of hydrogen-bond donors (Lipinski definition) is 0. The van der Waals surface area contributed by atoms with Gasteiger partial charge in [-0.2, -0.15) is 0 Å². The van der Waals surface area contributed by atoms with Crippen molar-refractivity contribution in [1.29, 1.82) is 0 Å². The third kappa shape index (κ3) is 2.53. The minimum Gasteiger partial charge on any atom is -0.0783 e. The normalized spacial score (nSPS) is 39.0. The molecular formula is C14H27I. The van der Waals surface area contributed by atoms with Gasteiger partial charge >= 0.3 is 0 Å². The fourth-order valence-corrected chi connectivity index (χ4v) is 5.07. The molecule has 0 heterocycles. The monoisotopic (exact) mass is 322 g/mol. The van der Waals surface area contributed by atoms with Crippen LogP contribution >= 0.6 is 22.6 Å². The van der Waals surface area contributed by atoms with Crippen LogP contribution in [-0.4, -0.2) is 3.42 Å². The molecule has 15 heavy (non-hydrogen) atoms. The topological polar surface area (TPSA) is 0 Å². The van der Waals surface area contributed by atoms with Crippen LogP contribution in [0.25, 0.3) is 0 Å². The molecule has 0 N–H and O–H groups in total. The Morgan fingerprint density at radius 3 is 2.33 bits per heavy atom. The molecule has 0 aromatic heterocycles. The van der Waals surface area contributed by atoms with Gasteiger partial charge in [-0.3, -0.25) is 0 Å². The molecule has 1 fully saturated rings. The van der Waals surface area contributed by atoms with E-state index in [9.17, 15) is 0 Å². The molecule has 0 spiro atoms. The number of hydrogen-bond acceptors (Lipinski definition) is 0. The van der Waals surface area contributed by atoms with E-state index in [0.29, 0.717) is 8.84 Å². The van der Waals surface area contributed by atoms with Crippen molar-refractivity contribution in [3.8, 4) is 0 Å². The van der Waals surface area contributed by atoms with Gasteiger partial charge in [0.2, 0.25) is 0 Å². The molecule has 1 aliphatic carbocycles. The van der Waals surface area contributed by atoms with Gasteiger partial charge in [0.05, 0.1) is 0 Å². The first kappa shape index (κ1) is 13.8. The van der Waals surface area contributed by atoms with Crippen LogP contribution in [0.1, 0.15) is 72.6 Å². The summed E-state index contributed by atoms with van der Waals surface area (Å²) in [6.45, 7) is 9.72. The summed E-state index contributed by atoms with van der Waals surface area (Å²) in [7, 11) is 0. The van der Waals surface area contributed by atoms with E-state index in [-0.39, 0.29) is 0 Å². The molecule has 0 aliphatic heterocycles. The van der Waals surface area contributed by atoms with Crippen molar-refractivity contribution in [1.82, 2.24) is 0 Å². The summed E-state index contributed by atoms with van der Waals surface area (Å²) in [5.41, 5.74) is 0.580. The van der Waals surface area contributed by atoms with E-state index in [1.165, 1.54) is 44.9 Å². The minimum atomic E-state index is 0.577. The van der Waals surface area contributed by atoms with E-state index in [0.717, 1.165) is 5.92 Å². The Kier molecular flexibility index (Phi) is 4.94. The molecule has 1 heteroatoms. The van der Waals surface area contributed by atoms with Gasteiger partial charge < -0.3 is 0 Å². The predicted octanol–water partition coefficient (Wildman–Crippen LogP) is 5.59. The van der Waals surface area contributed by atoms with Gasteiger partial charge in [0.15, 0.2) is 0 Å². The van der Waals surface area contributed by atoms with Crippen molar-refractivity contribution in [2.45, 2.75) is 76.1 Å². The highest BCUT2D eigenvalue weighted by Gasteiger charge is 2.49. The van der Waals surface area contributed by atoms with Gasteiger partial charge in [-0.25, -0.2) is 0 Å². The third-order valence-corrected chi connectivity index (χ3v) is 7.20. The summed E-state index contributed by atoms with van der Waals surface area (Å²) < 4.78 is 0.577. The summed E-state index contributed by atoms with van der Waals surface area (Å²) in [6, 6.07) is 0. The highest BCUT2D eigenvalue weighted by molar-refractivity contribution is 14.1. The predicted molar refractivity (Wildman–Crippen MR) is 77.7 cm³/mol. The first-order chi connectivity index (χ1) is 7.00. The average molecular weight is 322 g/mol. The van der Waals surface area contributed by atoms with Gasteiger partial charge in [-0.05, 0) is 30.6 Å². The Hall–Kier alpha value is 0.730. The third-order valence-electron chi connectivity index (χ3n) is 4.89. The van der Waals surface area contributed by atoms with Crippen LogP contribution in [-0.2, 0) is 0 Å². The second-order valence-corrected chi connectivity index (χ2v) is 7.71. The van der Waals surface area contributed by atoms with Crippen molar-refractivity contribution in [3.63, 3.8) is 0 Å². The second-order valence-electron chi connectivity index (χ2n) is 5.65. The van der Waals surface area contributed by atoms with Crippen LogP contribution in [0.5, 0.6) is 0 Å². The van der Waals surface area contributed by atoms with Crippen LogP contribution in [0.3, 0.4) is 0 Å². The van der Waals surface area contributed by atoms with Gasteiger partial charge in [-0.15, -0.1) is 0 Å². The molecule has 0 radical (unpaired) electrons. The molecule has 90 valence electrons. The van der Waals surface area contributed by atoms with E-state index in [1.807, 2.05) is 0 Å². The van der Waals surface area contributed by atoms with E-state index >= 15 is 0 Å². The SMILES string of the molecule is CCCC1(I)CCCCC1(C)C(C)CC. The molecule has 3 atom stereocenters. The van der Waals surface area contributed by atoms with Gasteiger partial charge in [0, 0.05) is 3.42 Å². The van der Waals surface area contributed by atoms with Crippen molar-refractivity contribution < 1.29 is 0 Å². The largest absolute Gasteiger partial charge is 0.0783 e. The van der Waals surface area contributed by atoms with Crippen molar-refractivity contribution >= 4 is 22.6 Å². The zero-order valence-corrected chi connectivity index (χ0v) is 13.1. The highest BCUT2D eigenvalue weighted by Crippen LogP contribution is 2.57. The second kappa shape index (κ2) is 5.37. The van der Waals surface area contributed by atoms with E-state index in [2.05, 4.69) is 50.3 Å². The molecule has 1 saturated carbocycles. The van der Waals surface area contributed by atoms with E-state index < -0.39 is 0 Å². The summed E-state index contributed by atoms with van der Waals surface area (Å²) in [5.74, 6) is 0.876. The van der Waals surface area contributed by atoms with Crippen LogP contribution in [0.2, 0.25) is 0 Å². The standard InChI is InChI=1S/C14H27I/c1-5-9-14(15)11-8-7-10-13(14,4)12(3)6-2/h12H,5-11H2,1-4H3. The van der Waals surface area contributed by atoms with Gasteiger partial charge in [0.25, 0.3) is 0 Å². The summed E-state index contributed by atoms with van der Waals surface area (Å²) in [4.78, 5) is 0. The lowest BCUT2D eigenvalue weighted by Gasteiger charge is -2.52. The molecular weight excluding hydrogens is 295 g/mol. The molecule has 0 saturated heterocycles. The quantitative estimate of drug-likeness (QED) is 0.468. The molecule has 1 aliphatic rings. The van der Waals surface area contributed by atoms with Crippen LogP contribution < -0.4 is 0 Å². The Labute approximate surface area is 110 Å². The Morgan fingerprint density at radius 1 is 1.20 bits per heavy atom. The Morgan fingerprint density at radius 2 is 1.80 bits per heavy atom. The zero-order valence-electron chi connectivity index (χ0n) is 10.9. The fourth-order valence-electron chi connectivity index (χ4n) is 3.35. The van der Waals surface area contributed by atoms with Crippen LogP contribution in [0, 0.1) is 11.3 Å².